The van der Waals surface area contributed by atoms with E-state index in [0.29, 0.717) is 18.6 Å². The Morgan fingerprint density at radius 1 is 1.35 bits per heavy atom. The molecule has 1 amide bonds. The monoisotopic (exact) mass is 334 g/mol. The van der Waals surface area contributed by atoms with Crippen LogP contribution < -0.4 is 10.1 Å². The number of amides is 1. The molecule has 1 aromatic heterocycles. The summed E-state index contributed by atoms with van der Waals surface area (Å²) in [5.41, 5.74) is 0.926. The molecule has 2 aromatic rings. The van der Waals surface area contributed by atoms with Crippen LogP contribution in [0.3, 0.4) is 0 Å². The predicted molar refractivity (Wildman–Crippen MR) is 86.6 cm³/mol. The number of aromatic nitrogens is 1. The molecule has 0 bridgehead atoms. The molecule has 1 atom stereocenters. The number of aliphatic carboxylic acids is 1. The van der Waals surface area contributed by atoms with Crippen molar-refractivity contribution in [3.8, 4) is 5.75 Å². The SMILES string of the molecule is CC(NC(=O)CCc1nccs1)c1ccc(OCC(=O)O)cc1. The van der Waals surface area contributed by atoms with Gasteiger partial charge in [0, 0.05) is 24.4 Å². The second-order valence-electron chi connectivity index (χ2n) is 4.97. The van der Waals surface area contributed by atoms with Crippen molar-refractivity contribution in [1.29, 1.82) is 0 Å². The fourth-order valence-corrected chi connectivity index (χ4v) is 2.61. The summed E-state index contributed by atoms with van der Waals surface area (Å²) in [6, 6.07) is 6.87. The number of benzene rings is 1. The van der Waals surface area contributed by atoms with Gasteiger partial charge in [-0.1, -0.05) is 12.1 Å². The van der Waals surface area contributed by atoms with Crippen molar-refractivity contribution in [1.82, 2.24) is 10.3 Å². The molecule has 0 saturated carbocycles. The van der Waals surface area contributed by atoms with Gasteiger partial charge in [-0.15, -0.1) is 11.3 Å². The van der Waals surface area contributed by atoms with Crippen molar-refractivity contribution in [3.63, 3.8) is 0 Å². The number of ether oxygens (including phenoxy) is 1. The number of thiazole rings is 1. The number of carbonyl (C=O) groups is 2. The first-order valence-electron chi connectivity index (χ1n) is 7.17. The van der Waals surface area contributed by atoms with Gasteiger partial charge >= 0.3 is 5.97 Å². The van der Waals surface area contributed by atoms with E-state index in [-0.39, 0.29) is 18.6 Å². The maximum absolute atomic E-state index is 11.9. The fraction of sp³-hybridized carbons (Fsp3) is 0.312. The van der Waals surface area contributed by atoms with E-state index in [0.717, 1.165) is 10.6 Å². The van der Waals surface area contributed by atoms with Gasteiger partial charge in [0.1, 0.15) is 5.75 Å². The summed E-state index contributed by atoms with van der Waals surface area (Å²) in [4.78, 5) is 26.5. The molecule has 0 aliphatic rings. The Labute approximate surface area is 138 Å². The van der Waals surface area contributed by atoms with Gasteiger partial charge in [-0.2, -0.15) is 0 Å². The number of carboxylic acids is 1. The third-order valence-corrected chi connectivity index (χ3v) is 4.01. The lowest BCUT2D eigenvalue weighted by Gasteiger charge is -2.14. The molecular formula is C16H18N2O4S. The molecular weight excluding hydrogens is 316 g/mol. The number of hydrogen-bond donors (Lipinski definition) is 2. The van der Waals surface area contributed by atoms with Crippen LogP contribution in [-0.2, 0) is 16.0 Å². The van der Waals surface area contributed by atoms with Crippen molar-refractivity contribution in [2.24, 2.45) is 0 Å². The zero-order valence-electron chi connectivity index (χ0n) is 12.7. The summed E-state index contributed by atoms with van der Waals surface area (Å²) in [6.07, 6.45) is 2.77. The van der Waals surface area contributed by atoms with Gasteiger partial charge in [0.25, 0.3) is 0 Å². The van der Waals surface area contributed by atoms with Crippen LogP contribution in [-0.4, -0.2) is 28.6 Å². The maximum atomic E-state index is 11.9. The van der Waals surface area contributed by atoms with E-state index < -0.39 is 5.97 Å². The minimum absolute atomic E-state index is 0.0288. The average Bonchev–Trinajstić information content (AvgIpc) is 3.05. The van der Waals surface area contributed by atoms with Crippen molar-refractivity contribution in [2.75, 3.05) is 6.61 Å². The third kappa shape index (κ3) is 5.71. The Hall–Kier alpha value is -2.41. The second-order valence-corrected chi connectivity index (χ2v) is 5.95. The summed E-state index contributed by atoms with van der Waals surface area (Å²) < 4.78 is 5.07. The van der Waals surface area contributed by atoms with E-state index in [2.05, 4.69) is 10.3 Å². The molecule has 7 heteroatoms. The van der Waals surface area contributed by atoms with Gasteiger partial charge < -0.3 is 15.2 Å². The van der Waals surface area contributed by atoms with E-state index in [4.69, 9.17) is 9.84 Å². The van der Waals surface area contributed by atoms with Crippen LogP contribution >= 0.6 is 11.3 Å². The number of carbonyl (C=O) groups excluding carboxylic acids is 1. The lowest BCUT2D eigenvalue weighted by molar-refractivity contribution is -0.139. The average molecular weight is 334 g/mol. The van der Waals surface area contributed by atoms with Crippen LogP contribution in [0.1, 0.15) is 30.0 Å². The number of nitrogens with zero attached hydrogens (tertiary/aromatic N) is 1. The van der Waals surface area contributed by atoms with Crippen molar-refractivity contribution < 1.29 is 19.4 Å². The van der Waals surface area contributed by atoms with E-state index in [1.54, 1.807) is 29.7 Å². The maximum Gasteiger partial charge on any atom is 0.341 e. The van der Waals surface area contributed by atoms with E-state index in [1.807, 2.05) is 24.4 Å². The molecule has 1 unspecified atom stereocenters. The minimum atomic E-state index is -1.02. The molecule has 122 valence electrons. The number of rotatable bonds is 8. The van der Waals surface area contributed by atoms with E-state index >= 15 is 0 Å². The molecule has 0 aliphatic carbocycles. The largest absolute Gasteiger partial charge is 0.482 e. The fourth-order valence-electron chi connectivity index (χ4n) is 1.99. The van der Waals surface area contributed by atoms with Crippen molar-refractivity contribution >= 4 is 23.2 Å². The van der Waals surface area contributed by atoms with Gasteiger partial charge in [-0.25, -0.2) is 9.78 Å². The first kappa shape index (κ1) is 17.0. The Balaban J connectivity index is 1.81. The van der Waals surface area contributed by atoms with Crippen LogP contribution in [0.25, 0.3) is 0 Å². The standard InChI is InChI=1S/C16H18N2O4S/c1-11(18-14(19)6-7-15-17-8-9-23-15)12-2-4-13(5-3-12)22-10-16(20)21/h2-5,8-9,11H,6-7,10H2,1H3,(H,18,19)(H,20,21). The Morgan fingerprint density at radius 3 is 2.70 bits per heavy atom. The third-order valence-electron chi connectivity index (χ3n) is 3.17. The molecule has 0 fully saturated rings. The molecule has 0 spiro atoms. The van der Waals surface area contributed by atoms with Crippen molar-refractivity contribution in [3.05, 3.63) is 46.4 Å². The van der Waals surface area contributed by atoms with Crippen LogP contribution in [0.15, 0.2) is 35.8 Å². The summed E-state index contributed by atoms with van der Waals surface area (Å²) in [7, 11) is 0. The molecule has 2 N–H and O–H groups in total. The quantitative estimate of drug-likeness (QED) is 0.774. The topological polar surface area (TPSA) is 88.5 Å². The smallest absolute Gasteiger partial charge is 0.341 e. The first-order valence-corrected chi connectivity index (χ1v) is 8.05. The van der Waals surface area contributed by atoms with Gasteiger partial charge in [0.05, 0.1) is 11.0 Å². The number of nitrogens with one attached hydrogen (secondary N) is 1. The van der Waals surface area contributed by atoms with Crippen molar-refractivity contribution in [2.45, 2.75) is 25.8 Å². The summed E-state index contributed by atoms with van der Waals surface area (Å²) in [5, 5.41) is 14.3. The van der Waals surface area contributed by atoms with E-state index in [1.165, 1.54) is 0 Å². The lowest BCUT2D eigenvalue weighted by atomic mass is 10.1. The van der Waals surface area contributed by atoms with E-state index in [9.17, 15) is 9.59 Å². The zero-order valence-corrected chi connectivity index (χ0v) is 13.5. The molecule has 0 radical (unpaired) electrons. The highest BCUT2D eigenvalue weighted by atomic mass is 32.1. The normalized spacial score (nSPS) is 11.7. The lowest BCUT2D eigenvalue weighted by Crippen LogP contribution is -2.26. The number of hydrogen-bond acceptors (Lipinski definition) is 5. The zero-order chi connectivity index (χ0) is 16.7. The van der Waals surface area contributed by atoms with Gasteiger partial charge in [-0.3, -0.25) is 4.79 Å². The first-order chi connectivity index (χ1) is 11.0. The predicted octanol–water partition coefficient (Wildman–Crippen LogP) is 2.42. The summed E-state index contributed by atoms with van der Waals surface area (Å²) in [5.74, 6) is -0.563. The highest BCUT2D eigenvalue weighted by Gasteiger charge is 2.10. The van der Waals surface area contributed by atoms with Crippen LogP contribution in [0, 0.1) is 0 Å². The minimum Gasteiger partial charge on any atom is -0.482 e. The van der Waals surface area contributed by atoms with Crippen LogP contribution in [0.5, 0.6) is 5.75 Å². The molecule has 0 saturated heterocycles. The molecule has 1 aromatic carbocycles. The van der Waals surface area contributed by atoms with Gasteiger partial charge in [-0.05, 0) is 24.6 Å². The van der Waals surface area contributed by atoms with Crippen LogP contribution in [0.2, 0.25) is 0 Å². The Morgan fingerprint density at radius 2 is 2.09 bits per heavy atom. The summed E-state index contributed by atoms with van der Waals surface area (Å²) >= 11 is 1.54. The highest BCUT2D eigenvalue weighted by molar-refractivity contribution is 7.09. The molecule has 6 nitrogen and oxygen atoms in total. The second kappa shape index (κ2) is 8.28. The molecule has 0 aliphatic heterocycles. The number of carboxylic acid groups (broad SMARTS) is 1. The highest BCUT2D eigenvalue weighted by Crippen LogP contribution is 2.18. The molecule has 1 heterocycles. The molecule has 23 heavy (non-hydrogen) atoms. The van der Waals surface area contributed by atoms with Crippen LogP contribution in [0.4, 0.5) is 0 Å². The Bertz CT molecular complexity index is 641. The summed E-state index contributed by atoms with van der Waals surface area (Å²) in [6.45, 7) is 1.52. The number of aryl methyl sites for hydroxylation is 1. The molecule has 2 rings (SSSR count). The van der Waals surface area contributed by atoms with Gasteiger partial charge in [0.15, 0.2) is 6.61 Å². The Kier molecular flexibility index (Phi) is 6.10. The van der Waals surface area contributed by atoms with Gasteiger partial charge in [0.2, 0.25) is 5.91 Å².